The molecule has 0 aliphatic rings. The molecule has 2 aromatic carbocycles. The van der Waals surface area contributed by atoms with Crippen molar-refractivity contribution in [2.45, 2.75) is 25.2 Å². The quantitative estimate of drug-likeness (QED) is 0.682. The van der Waals surface area contributed by atoms with Crippen LogP contribution in [0.25, 0.3) is 0 Å². The number of aryl methyl sites for hydroxylation is 2. The van der Waals surface area contributed by atoms with Crippen molar-refractivity contribution >= 4 is 27.5 Å². The molecule has 0 heterocycles. The Labute approximate surface area is 152 Å². The van der Waals surface area contributed by atoms with Gasteiger partial charge in [0.1, 0.15) is 0 Å². The van der Waals surface area contributed by atoms with E-state index in [-0.39, 0.29) is 23.8 Å². The predicted octanol–water partition coefficient (Wildman–Crippen LogP) is 1.71. The smallest absolute Gasteiger partial charge is 0.248 e. The number of primary amides is 1. The van der Waals surface area contributed by atoms with Crippen molar-refractivity contribution in [3.05, 3.63) is 59.2 Å². The highest BCUT2D eigenvalue weighted by Crippen LogP contribution is 2.16. The first-order chi connectivity index (χ1) is 12.2. The second-order valence-corrected chi connectivity index (χ2v) is 7.64. The highest BCUT2D eigenvalue weighted by molar-refractivity contribution is 7.89. The summed E-state index contributed by atoms with van der Waals surface area (Å²) in [5.74, 6) is -0.899. The number of anilines is 1. The highest BCUT2D eigenvalue weighted by Gasteiger charge is 2.17. The fraction of sp³-hybridized carbons (Fsp3) is 0.222. The molecule has 0 atom stereocenters. The molecule has 8 heteroatoms. The number of carbonyl (C=O) groups is 2. The van der Waals surface area contributed by atoms with Crippen LogP contribution in [0, 0.1) is 13.8 Å². The summed E-state index contributed by atoms with van der Waals surface area (Å²) in [7, 11) is -3.68. The van der Waals surface area contributed by atoms with Gasteiger partial charge in [0.25, 0.3) is 0 Å². The van der Waals surface area contributed by atoms with Gasteiger partial charge in [0.2, 0.25) is 21.8 Å². The van der Waals surface area contributed by atoms with E-state index in [1.54, 1.807) is 31.2 Å². The highest BCUT2D eigenvalue weighted by atomic mass is 32.2. The maximum atomic E-state index is 12.4. The van der Waals surface area contributed by atoms with Gasteiger partial charge in [0.05, 0.1) is 4.90 Å². The monoisotopic (exact) mass is 375 g/mol. The first-order valence-corrected chi connectivity index (χ1v) is 9.44. The van der Waals surface area contributed by atoms with E-state index in [0.717, 1.165) is 5.56 Å². The minimum absolute atomic E-state index is 0.0261. The molecule has 0 unspecified atom stereocenters. The van der Waals surface area contributed by atoms with Crippen molar-refractivity contribution in [3.63, 3.8) is 0 Å². The van der Waals surface area contributed by atoms with E-state index in [0.29, 0.717) is 16.8 Å². The third-order valence-corrected chi connectivity index (χ3v) is 5.33. The van der Waals surface area contributed by atoms with Crippen LogP contribution in [-0.2, 0) is 14.8 Å². The Morgan fingerprint density at radius 2 is 1.69 bits per heavy atom. The summed E-state index contributed by atoms with van der Waals surface area (Å²) in [5, 5.41) is 2.63. The van der Waals surface area contributed by atoms with Crippen LogP contribution in [0.3, 0.4) is 0 Å². The molecule has 0 radical (unpaired) electrons. The maximum Gasteiger partial charge on any atom is 0.248 e. The van der Waals surface area contributed by atoms with E-state index in [2.05, 4.69) is 10.0 Å². The van der Waals surface area contributed by atoms with Gasteiger partial charge in [0.15, 0.2) is 0 Å². The average molecular weight is 375 g/mol. The van der Waals surface area contributed by atoms with Crippen molar-refractivity contribution in [3.8, 4) is 0 Å². The summed E-state index contributed by atoms with van der Waals surface area (Å²) in [6, 6.07) is 11.3. The Morgan fingerprint density at radius 1 is 1.04 bits per heavy atom. The van der Waals surface area contributed by atoms with Crippen molar-refractivity contribution in [1.82, 2.24) is 4.72 Å². The third-order valence-electron chi connectivity index (χ3n) is 3.73. The number of hydrogen-bond acceptors (Lipinski definition) is 4. The first-order valence-electron chi connectivity index (χ1n) is 7.96. The van der Waals surface area contributed by atoms with Crippen LogP contribution in [0.1, 0.15) is 27.9 Å². The molecule has 0 aliphatic heterocycles. The van der Waals surface area contributed by atoms with Gasteiger partial charge in [-0.05, 0) is 55.3 Å². The summed E-state index contributed by atoms with van der Waals surface area (Å²) >= 11 is 0. The van der Waals surface area contributed by atoms with Gasteiger partial charge in [0, 0.05) is 24.2 Å². The Balaban J connectivity index is 1.91. The van der Waals surface area contributed by atoms with E-state index >= 15 is 0 Å². The number of rotatable bonds is 7. The van der Waals surface area contributed by atoms with Crippen LogP contribution in [0.4, 0.5) is 5.69 Å². The SMILES string of the molecule is Cc1ccc(C)c(S(=O)(=O)NCCC(=O)Nc2ccc(C(N)=O)cc2)c1. The van der Waals surface area contributed by atoms with E-state index < -0.39 is 15.9 Å². The van der Waals surface area contributed by atoms with Crippen molar-refractivity contribution in [1.29, 1.82) is 0 Å². The number of nitrogens with one attached hydrogen (secondary N) is 2. The minimum Gasteiger partial charge on any atom is -0.366 e. The van der Waals surface area contributed by atoms with Crippen LogP contribution in [0.15, 0.2) is 47.4 Å². The zero-order chi connectivity index (χ0) is 19.3. The second-order valence-electron chi connectivity index (χ2n) is 5.91. The fourth-order valence-corrected chi connectivity index (χ4v) is 3.67. The number of amides is 2. The molecule has 7 nitrogen and oxygen atoms in total. The maximum absolute atomic E-state index is 12.4. The Morgan fingerprint density at radius 3 is 2.31 bits per heavy atom. The lowest BCUT2D eigenvalue weighted by atomic mass is 10.2. The van der Waals surface area contributed by atoms with Crippen molar-refractivity contribution in [2.24, 2.45) is 5.73 Å². The molecular weight excluding hydrogens is 354 g/mol. The lowest BCUT2D eigenvalue weighted by Gasteiger charge is -2.10. The molecule has 0 spiro atoms. The van der Waals surface area contributed by atoms with Crippen molar-refractivity contribution < 1.29 is 18.0 Å². The summed E-state index contributed by atoms with van der Waals surface area (Å²) in [5.41, 5.74) is 7.46. The van der Waals surface area contributed by atoms with Gasteiger partial charge in [-0.25, -0.2) is 13.1 Å². The van der Waals surface area contributed by atoms with Gasteiger partial charge < -0.3 is 11.1 Å². The number of carbonyl (C=O) groups excluding carboxylic acids is 2. The molecule has 0 aromatic heterocycles. The van der Waals surface area contributed by atoms with E-state index in [1.165, 1.54) is 12.1 Å². The minimum atomic E-state index is -3.68. The molecular formula is C18H21N3O4S. The molecule has 0 aliphatic carbocycles. The molecule has 4 N–H and O–H groups in total. The number of benzene rings is 2. The van der Waals surface area contributed by atoms with Crippen LogP contribution in [-0.4, -0.2) is 26.8 Å². The lowest BCUT2D eigenvalue weighted by molar-refractivity contribution is -0.116. The first kappa shape index (κ1) is 19.6. The standard InChI is InChI=1S/C18H21N3O4S/c1-12-3-4-13(2)16(11-12)26(24,25)20-10-9-17(22)21-15-7-5-14(6-8-15)18(19)23/h3-8,11,20H,9-10H2,1-2H3,(H2,19,23)(H,21,22). The van der Waals surface area contributed by atoms with Gasteiger partial charge in [-0.1, -0.05) is 12.1 Å². The number of nitrogens with two attached hydrogens (primary N) is 1. The zero-order valence-corrected chi connectivity index (χ0v) is 15.4. The molecule has 0 saturated heterocycles. The summed E-state index contributed by atoms with van der Waals surface area (Å²) in [6.07, 6.45) is -0.0261. The third kappa shape index (κ3) is 5.14. The van der Waals surface area contributed by atoms with Crippen LogP contribution in [0.2, 0.25) is 0 Å². The largest absolute Gasteiger partial charge is 0.366 e. The number of sulfonamides is 1. The molecule has 2 rings (SSSR count). The average Bonchev–Trinajstić information content (AvgIpc) is 2.57. The Kier molecular flexibility index (Phi) is 6.12. The van der Waals surface area contributed by atoms with Gasteiger partial charge in [-0.15, -0.1) is 0 Å². The van der Waals surface area contributed by atoms with E-state index in [4.69, 9.17) is 5.73 Å². The van der Waals surface area contributed by atoms with E-state index in [1.807, 2.05) is 13.0 Å². The van der Waals surface area contributed by atoms with E-state index in [9.17, 15) is 18.0 Å². The van der Waals surface area contributed by atoms with Gasteiger partial charge in [-0.3, -0.25) is 9.59 Å². The van der Waals surface area contributed by atoms with Gasteiger partial charge in [-0.2, -0.15) is 0 Å². The van der Waals surface area contributed by atoms with Gasteiger partial charge >= 0.3 is 0 Å². The summed E-state index contributed by atoms with van der Waals surface area (Å²) in [4.78, 5) is 23.1. The Hall–Kier alpha value is -2.71. The molecule has 2 aromatic rings. The fourth-order valence-electron chi connectivity index (χ4n) is 2.31. The van der Waals surface area contributed by atoms with Crippen LogP contribution < -0.4 is 15.8 Å². The molecule has 0 saturated carbocycles. The summed E-state index contributed by atoms with van der Waals surface area (Å²) in [6.45, 7) is 3.51. The normalized spacial score (nSPS) is 11.2. The predicted molar refractivity (Wildman–Crippen MR) is 99.3 cm³/mol. The molecule has 26 heavy (non-hydrogen) atoms. The second kappa shape index (κ2) is 8.11. The Bertz CT molecular complexity index is 922. The van der Waals surface area contributed by atoms with Crippen molar-refractivity contribution in [2.75, 3.05) is 11.9 Å². The topological polar surface area (TPSA) is 118 Å². The van der Waals surface area contributed by atoms with Crippen LogP contribution in [0.5, 0.6) is 0 Å². The number of hydrogen-bond donors (Lipinski definition) is 3. The molecule has 0 fully saturated rings. The molecule has 2 amide bonds. The molecule has 138 valence electrons. The van der Waals surface area contributed by atoms with Crippen LogP contribution >= 0.6 is 0 Å². The zero-order valence-electron chi connectivity index (χ0n) is 14.6. The lowest BCUT2D eigenvalue weighted by Crippen LogP contribution is -2.28. The summed E-state index contributed by atoms with van der Waals surface area (Å²) < 4.78 is 27.2. The molecule has 0 bridgehead atoms.